The molecule has 1 aliphatic heterocycles. The topological polar surface area (TPSA) is 90.7 Å². The van der Waals surface area contributed by atoms with Gasteiger partial charge in [-0.25, -0.2) is 0 Å². The molecule has 3 rings (SSSR count). The van der Waals surface area contributed by atoms with E-state index in [1.54, 1.807) is 23.9 Å². The average Bonchev–Trinajstić information content (AvgIpc) is 3.16. The summed E-state index contributed by atoms with van der Waals surface area (Å²) in [6, 6.07) is 13.9. The van der Waals surface area contributed by atoms with E-state index in [2.05, 4.69) is 5.32 Å². The Balaban J connectivity index is 1.47. The van der Waals surface area contributed by atoms with Crippen LogP contribution in [0.25, 0.3) is 0 Å². The number of hydrogen-bond acceptors (Lipinski definition) is 7. The van der Waals surface area contributed by atoms with E-state index in [1.165, 1.54) is 12.1 Å². The Morgan fingerprint density at radius 3 is 2.50 bits per heavy atom. The van der Waals surface area contributed by atoms with Crippen LogP contribution in [0.4, 0.5) is 5.69 Å². The third kappa shape index (κ3) is 5.46. The first-order chi connectivity index (χ1) is 13.5. The third-order valence-corrected chi connectivity index (χ3v) is 5.55. The maximum Gasteiger partial charge on any atom is 0.324 e. The maximum atomic E-state index is 11.8. The molecule has 2 atom stereocenters. The summed E-state index contributed by atoms with van der Waals surface area (Å²) < 4.78 is 10.8. The lowest BCUT2D eigenvalue weighted by atomic mass is 10.1. The number of nitrogens with zero attached hydrogens (tertiary/aromatic N) is 1. The molecule has 0 aliphatic carbocycles. The molecule has 0 bridgehead atoms. The Kier molecular flexibility index (Phi) is 6.89. The van der Waals surface area contributed by atoms with Crippen LogP contribution in [0.2, 0.25) is 0 Å². The lowest BCUT2D eigenvalue weighted by Crippen LogP contribution is -2.38. The van der Waals surface area contributed by atoms with Gasteiger partial charge >= 0.3 is 5.97 Å². The summed E-state index contributed by atoms with van der Waals surface area (Å²) in [6.07, 6.45) is 0.809. The molecule has 1 saturated heterocycles. The van der Waals surface area contributed by atoms with Crippen molar-refractivity contribution in [3.05, 3.63) is 69.8 Å². The van der Waals surface area contributed by atoms with Gasteiger partial charge in [-0.15, -0.1) is 11.8 Å². The van der Waals surface area contributed by atoms with Gasteiger partial charge in [0.1, 0.15) is 18.4 Å². The summed E-state index contributed by atoms with van der Waals surface area (Å²) >= 11 is 1.72. The lowest BCUT2D eigenvalue weighted by molar-refractivity contribution is -0.384. The van der Waals surface area contributed by atoms with Crippen LogP contribution in [0.5, 0.6) is 5.75 Å². The highest BCUT2D eigenvalue weighted by Gasteiger charge is 2.30. The zero-order valence-electron chi connectivity index (χ0n) is 15.5. The summed E-state index contributed by atoms with van der Waals surface area (Å²) in [5, 5.41) is 14.2. The standard InChI is InChI=1S/C20H22N2O5S/c1-2-26-20(23)18-13-28-19(21-18)11-14-5-9-17(10-6-14)27-12-15-3-7-16(8-4-15)22(24)25/h3-10,18-19,21H,2,11-13H2,1H3/t18-,19+/m0/s1. The van der Waals surface area contributed by atoms with Gasteiger partial charge in [-0.1, -0.05) is 12.1 Å². The van der Waals surface area contributed by atoms with Crippen molar-refractivity contribution < 1.29 is 19.2 Å². The maximum absolute atomic E-state index is 11.8. The first-order valence-electron chi connectivity index (χ1n) is 9.04. The van der Waals surface area contributed by atoms with E-state index in [0.717, 1.165) is 29.1 Å². The van der Waals surface area contributed by atoms with Crippen LogP contribution >= 0.6 is 11.8 Å². The van der Waals surface area contributed by atoms with E-state index < -0.39 is 4.92 Å². The van der Waals surface area contributed by atoms with Crippen LogP contribution in [-0.2, 0) is 22.6 Å². The number of esters is 1. The fourth-order valence-corrected chi connectivity index (χ4v) is 4.07. The molecular formula is C20H22N2O5S. The smallest absolute Gasteiger partial charge is 0.324 e. The predicted octanol–water partition coefficient (Wildman–Crippen LogP) is 3.31. The Morgan fingerprint density at radius 2 is 1.86 bits per heavy atom. The minimum Gasteiger partial charge on any atom is -0.489 e. The van der Waals surface area contributed by atoms with Crippen molar-refractivity contribution in [2.24, 2.45) is 0 Å². The zero-order valence-corrected chi connectivity index (χ0v) is 16.3. The fraction of sp³-hybridized carbons (Fsp3) is 0.350. The van der Waals surface area contributed by atoms with Crippen molar-refractivity contribution in [2.45, 2.75) is 31.4 Å². The van der Waals surface area contributed by atoms with Crippen molar-refractivity contribution in [1.82, 2.24) is 5.32 Å². The number of benzene rings is 2. The number of nitro groups is 1. The molecule has 2 aromatic rings. The number of nitro benzene ring substituents is 1. The van der Waals surface area contributed by atoms with E-state index in [4.69, 9.17) is 9.47 Å². The van der Waals surface area contributed by atoms with Crippen molar-refractivity contribution in [2.75, 3.05) is 12.4 Å². The third-order valence-electron chi connectivity index (χ3n) is 4.32. The summed E-state index contributed by atoms with van der Waals surface area (Å²) in [6.45, 7) is 2.55. The highest BCUT2D eigenvalue weighted by molar-refractivity contribution is 8.00. The van der Waals surface area contributed by atoms with Gasteiger partial charge in [-0.05, 0) is 48.7 Å². The fourth-order valence-electron chi connectivity index (χ4n) is 2.85. The molecule has 0 saturated carbocycles. The van der Waals surface area contributed by atoms with Gasteiger partial charge in [0.2, 0.25) is 0 Å². The van der Waals surface area contributed by atoms with Crippen LogP contribution in [0.3, 0.4) is 0 Å². The SMILES string of the molecule is CCOC(=O)[C@@H]1CS[C@H](Cc2ccc(OCc3ccc([N+](=O)[O-])cc3)cc2)N1. The van der Waals surface area contributed by atoms with E-state index in [1.807, 2.05) is 31.2 Å². The lowest BCUT2D eigenvalue weighted by Gasteiger charge is -2.13. The first kappa shape index (κ1) is 20.2. The van der Waals surface area contributed by atoms with Crippen molar-refractivity contribution in [3.63, 3.8) is 0 Å². The van der Waals surface area contributed by atoms with Gasteiger partial charge in [-0.2, -0.15) is 0 Å². The number of non-ortho nitro benzene ring substituents is 1. The highest BCUT2D eigenvalue weighted by Crippen LogP contribution is 2.24. The second-order valence-corrected chi connectivity index (χ2v) is 7.59. The highest BCUT2D eigenvalue weighted by atomic mass is 32.2. The second-order valence-electron chi connectivity index (χ2n) is 6.35. The van der Waals surface area contributed by atoms with Crippen LogP contribution in [-0.4, -0.2) is 34.7 Å². The molecule has 0 amide bonds. The Bertz CT molecular complexity index is 810. The number of rotatable bonds is 8. The van der Waals surface area contributed by atoms with Gasteiger partial charge in [0.15, 0.2) is 0 Å². The molecule has 2 aromatic carbocycles. The summed E-state index contributed by atoms with van der Waals surface area (Å²) in [4.78, 5) is 22.0. The Morgan fingerprint density at radius 1 is 1.18 bits per heavy atom. The Hall–Kier alpha value is -2.58. The normalized spacial score (nSPS) is 18.6. The van der Waals surface area contributed by atoms with Gasteiger partial charge in [0, 0.05) is 17.9 Å². The number of nitrogens with one attached hydrogen (secondary N) is 1. The number of carbonyl (C=O) groups excluding carboxylic acids is 1. The molecule has 7 nitrogen and oxygen atoms in total. The van der Waals surface area contributed by atoms with Gasteiger partial charge in [-0.3, -0.25) is 20.2 Å². The van der Waals surface area contributed by atoms with Gasteiger partial charge in [0.25, 0.3) is 5.69 Å². The summed E-state index contributed by atoms with van der Waals surface area (Å²) in [7, 11) is 0. The van der Waals surface area contributed by atoms with Gasteiger partial charge in [0.05, 0.1) is 16.9 Å². The van der Waals surface area contributed by atoms with E-state index in [0.29, 0.717) is 13.2 Å². The molecule has 148 valence electrons. The minimum atomic E-state index is -0.421. The second kappa shape index (κ2) is 9.57. The molecule has 28 heavy (non-hydrogen) atoms. The Labute approximate surface area is 167 Å². The number of hydrogen-bond donors (Lipinski definition) is 1. The monoisotopic (exact) mass is 402 g/mol. The quantitative estimate of drug-likeness (QED) is 0.411. The molecule has 8 heteroatoms. The molecule has 1 N–H and O–H groups in total. The summed E-state index contributed by atoms with van der Waals surface area (Å²) in [5.41, 5.74) is 2.08. The van der Waals surface area contributed by atoms with Crippen molar-refractivity contribution in [3.8, 4) is 5.75 Å². The van der Waals surface area contributed by atoms with Crippen molar-refractivity contribution in [1.29, 1.82) is 0 Å². The van der Waals surface area contributed by atoms with Crippen molar-refractivity contribution >= 4 is 23.4 Å². The summed E-state index contributed by atoms with van der Waals surface area (Å²) in [5.74, 6) is 1.27. The largest absolute Gasteiger partial charge is 0.489 e. The zero-order chi connectivity index (χ0) is 19.9. The van der Waals surface area contributed by atoms with Crippen LogP contribution in [0.15, 0.2) is 48.5 Å². The van der Waals surface area contributed by atoms with Crippen LogP contribution in [0.1, 0.15) is 18.1 Å². The molecule has 0 unspecified atom stereocenters. The van der Waals surface area contributed by atoms with Crippen LogP contribution in [0, 0.1) is 10.1 Å². The minimum absolute atomic E-state index is 0.0664. The van der Waals surface area contributed by atoms with E-state index >= 15 is 0 Å². The average molecular weight is 402 g/mol. The molecule has 1 fully saturated rings. The van der Waals surface area contributed by atoms with Crippen LogP contribution < -0.4 is 10.1 Å². The molecule has 0 aromatic heterocycles. The van der Waals surface area contributed by atoms with E-state index in [-0.39, 0.29) is 23.1 Å². The molecular weight excluding hydrogens is 380 g/mol. The first-order valence-corrected chi connectivity index (χ1v) is 10.1. The number of thioether (sulfide) groups is 1. The molecule has 0 spiro atoms. The predicted molar refractivity (Wildman–Crippen MR) is 107 cm³/mol. The van der Waals surface area contributed by atoms with E-state index in [9.17, 15) is 14.9 Å². The number of ether oxygens (including phenoxy) is 2. The molecule has 1 aliphatic rings. The molecule has 0 radical (unpaired) electrons. The van der Waals surface area contributed by atoms with Gasteiger partial charge < -0.3 is 9.47 Å². The number of carbonyl (C=O) groups is 1. The molecule has 1 heterocycles.